The van der Waals surface area contributed by atoms with Crippen LogP contribution in [0.4, 0.5) is 0 Å². The number of sulfonamides is 1. The van der Waals surface area contributed by atoms with Gasteiger partial charge in [-0.25, -0.2) is 8.42 Å². The first-order chi connectivity index (χ1) is 14.3. The zero-order chi connectivity index (χ0) is 21.7. The molecular weight excluding hydrogens is 406 g/mol. The van der Waals surface area contributed by atoms with Gasteiger partial charge in [-0.15, -0.1) is 0 Å². The summed E-state index contributed by atoms with van der Waals surface area (Å²) in [5.74, 6) is 0.318. The second-order valence-corrected chi connectivity index (χ2v) is 9.24. The molecule has 30 heavy (non-hydrogen) atoms. The Morgan fingerprint density at radius 1 is 1.17 bits per heavy atom. The number of rotatable bonds is 7. The molecule has 0 unspecified atom stereocenters. The first-order valence-electron chi connectivity index (χ1n) is 9.65. The first-order valence-corrected chi connectivity index (χ1v) is 11.1. The smallest absolute Gasteiger partial charge is 0.244 e. The number of nitrogens with zero attached hydrogens (tertiary/aromatic N) is 3. The van der Waals surface area contributed by atoms with E-state index in [9.17, 15) is 18.0 Å². The molecule has 0 radical (unpaired) electrons. The minimum atomic E-state index is -3.78. The fourth-order valence-corrected chi connectivity index (χ4v) is 4.52. The molecule has 1 aliphatic rings. The lowest BCUT2D eigenvalue weighted by molar-refractivity contribution is -0.132. The van der Waals surface area contributed by atoms with Crippen molar-refractivity contribution in [1.82, 2.24) is 14.2 Å². The average Bonchev–Trinajstić information content (AvgIpc) is 2.79. The van der Waals surface area contributed by atoms with Crippen LogP contribution in [0.1, 0.15) is 23.2 Å². The fraction of sp³-hybridized carbons (Fsp3) is 0.381. The minimum Gasteiger partial charge on any atom is -0.497 e. The van der Waals surface area contributed by atoms with Crippen molar-refractivity contribution in [2.24, 2.45) is 5.92 Å². The summed E-state index contributed by atoms with van der Waals surface area (Å²) in [7, 11) is -0.832. The highest BCUT2D eigenvalue weighted by molar-refractivity contribution is 7.89. The summed E-state index contributed by atoms with van der Waals surface area (Å²) in [6, 6.07) is 9.98. The largest absolute Gasteiger partial charge is 0.497 e. The lowest BCUT2D eigenvalue weighted by Gasteiger charge is -2.32. The number of aromatic nitrogens is 1. The van der Waals surface area contributed by atoms with E-state index in [0.29, 0.717) is 37.2 Å². The number of ketones is 1. The van der Waals surface area contributed by atoms with Crippen LogP contribution >= 0.6 is 0 Å². The summed E-state index contributed by atoms with van der Waals surface area (Å²) >= 11 is 0. The highest BCUT2D eigenvalue weighted by Gasteiger charge is 2.30. The quantitative estimate of drug-likeness (QED) is 0.621. The number of likely N-dealkylation sites (N-methyl/N-ethyl adjacent to an activating group) is 1. The van der Waals surface area contributed by atoms with E-state index in [-0.39, 0.29) is 29.0 Å². The van der Waals surface area contributed by atoms with Crippen LogP contribution in [-0.4, -0.2) is 68.1 Å². The number of likely N-dealkylation sites (tertiary alicyclic amines) is 1. The standard InChI is InChI=1S/C21H25N3O5S/c1-23(30(27,28)19-4-3-11-22-14-19)15-20(25)24-12-9-17(10-13-24)21(26)16-5-7-18(29-2)8-6-16/h3-8,11,14,17H,9-10,12-13,15H2,1-2H3. The molecule has 1 aliphatic heterocycles. The molecule has 9 heteroatoms. The Labute approximate surface area is 176 Å². The lowest BCUT2D eigenvalue weighted by Crippen LogP contribution is -2.45. The van der Waals surface area contributed by atoms with Crippen LogP contribution in [0.2, 0.25) is 0 Å². The fourth-order valence-electron chi connectivity index (χ4n) is 3.44. The van der Waals surface area contributed by atoms with E-state index >= 15 is 0 Å². The molecule has 0 aliphatic carbocycles. The van der Waals surface area contributed by atoms with Gasteiger partial charge in [0.25, 0.3) is 0 Å². The molecule has 0 bridgehead atoms. The molecule has 1 aromatic carbocycles. The maximum atomic E-state index is 12.7. The van der Waals surface area contributed by atoms with E-state index in [4.69, 9.17) is 4.74 Å². The Balaban J connectivity index is 1.55. The Bertz CT molecular complexity index is 985. The number of hydrogen-bond donors (Lipinski definition) is 0. The van der Waals surface area contributed by atoms with E-state index < -0.39 is 10.0 Å². The van der Waals surface area contributed by atoms with Crippen molar-refractivity contribution in [2.75, 3.05) is 33.8 Å². The molecule has 1 aromatic heterocycles. The van der Waals surface area contributed by atoms with Crippen molar-refractivity contribution in [2.45, 2.75) is 17.7 Å². The summed E-state index contributed by atoms with van der Waals surface area (Å²) < 4.78 is 31.3. The molecule has 0 saturated carbocycles. The van der Waals surface area contributed by atoms with Crippen molar-refractivity contribution < 1.29 is 22.7 Å². The Morgan fingerprint density at radius 3 is 2.40 bits per heavy atom. The van der Waals surface area contributed by atoms with Crippen molar-refractivity contribution >= 4 is 21.7 Å². The Hall–Kier alpha value is -2.78. The van der Waals surface area contributed by atoms with Gasteiger partial charge in [0.2, 0.25) is 15.9 Å². The van der Waals surface area contributed by atoms with Gasteiger partial charge < -0.3 is 9.64 Å². The Kier molecular flexibility index (Phi) is 6.84. The second-order valence-electron chi connectivity index (χ2n) is 7.20. The maximum absolute atomic E-state index is 12.7. The first kappa shape index (κ1) is 21.9. The molecule has 1 saturated heterocycles. The van der Waals surface area contributed by atoms with Crippen LogP contribution in [0.3, 0.4) is 0 Å². The summed E-state index contributed by atoms with van der Waals surface area (Å²) in [4.78, 5) is 30.8. The highest BCUT2D eigenvalue weighted by Crippen LogP contribution is 2.23. The summed E-state index contributed by atoms with van der Waals surface area (Å²) in [6.45, 7) is 0.590. The van der Waals surface area contributed by atoms with Gasteiger partial charge in [-0.05, 0) is 49.2 Å². The monoisotopic (exact) mass is 431 g/mol. The third-order valence-corrected chi connectivity index (χ3v) is 7.08. The molecule has 3 rings (SSSR count). The van der Waals surface area contributed by atoms with Crippen LogP contribution in [0.15, 0.2) is 53.7 Å². The third-order valence-electron chi connectivity index (χ3n) is 5.29. The van der Waals surface area contributed by atoms with Gasteiger partial charge >= 0.3 is 0 Å². The second kappa shape index (κ2) is 9.36. The predicted octanol–water partition coefficient (Wildman–Crippen LogP) is 1.83. The average molecular weight is 432 g/mol. The van der Waals surface area contributed by atoms with Crippen LogP contribution in [-0.2, 0) is 14.8 Å². The van der Waals surface area contributed by atoms with Crippen molar-refractivity contribution in [3.05, 3.63) is 54.4 Å². The van der Waals surface area contributed by atoms with Gasteiger partial charge in [0.15, 0.2) is 5.78 Å². The van der Waals surface area contributed by atoms with E-state index in [0.717, 1.165) is 4.31 Å². The number of piperidine rings is 1. The summed E-state index contributed by atoms with van der Waals surface area (Å²) in [6.07, 6.45) is 3.85. The van der Waals surface area contributed by atoms with Gasteiger partial charge in [0, 0.05) is 44.0 Å². The normalized spacial score (nSPS) is 15.2. The zero-order valence-electron chi connectivity index (χ0n) is 17.0. The van der Waals surface area contributed by atoms with Crippen molar-refractivity contribution in [3.8, 4) is 5.75 Å². The molecule has 8 nitrogen and oxygen atoms in total. The molecular formula is C21H25N3O5S. The van der Waals surface area contributed by atoms with E-state index in [2.05, 4.69) is 4.98 Å². The molecule has 0 N–H and O–H groups in total. The molecule has 2 heterocycles. The lowest BCUT2D eigenvalue weighted by atomic mass is 9.89. The van der Waals surface area contributed by atoms with Crippen LogP contribution < -0.4 is 4.74 Å². The van der Waals surface area contributed by atoms with Crippen molar-refractivity contribution in [1.29, 1.82) is 0 Å². The summed E-state index contributed by atoms with van der Waals surface area (Å²) in [5.41, 5.74) is 0.628. The highest BCUT2D eigenvalue weighted by atomic mass is 32.2. The van der Waals surface area contributed by atoms with Gasteiger partial charge in [-0.1, -0.05) is 0 Å². The molecule has 1 fully saturated rings. The number of carbonyl (C=O) groups is 2. The topological polar surface area (TPSA) is 96.9 Å². The van der Waals surface area contributed by atoms with Crippen LogP contribution in [0.25, 0.3) is 0 Å². The SMILES string of the molecule is COc1ccc(C(=O)C2CCN(C(=O)CN(C)S(=O)(=O)c3cccnc3)CC2)cc1. The number of hydrogen-bond acceptors (Lipinski definition) is 6. The number of methoxy groups -OCH3 is 1. The van der Waals surface area contributed by atoms with Gasteiger partial charge in [-0.3, -0.25) is 14.6 Å². The van der Waals surface area contributed by atoms with Crippen LogP contribution in [0, 0.1) is 5.92 Å². The van der Waals surface area contributed by atoms with Gasteiger partial charge in [-0.2, -0.15) is 4.31 Å². The van der Waals surface area contributed by atoms with E-state index in [1.807, 2.05) is 0 Å². The molecule has 0 spiro atoms. The number of ether oxygens (including phenoxy) is 1. The number of amides is 1. The number of pyridine rings is 1. The molecule has 2 aromatic rings. The minimum absolute atomic E-state index is 0.0455. The number of benzene rings is 1. The molecule has 160 valence electrons. The Morgan fingerprint density at radius 2 is 1.83 bits per heavy atom. The van der Waals surface area contributed by atoms with Crippen molar-refractivity contribution in [3.63, 3.8) is 0 Å². The number of Topliss-reactive ketones (excluding diaryl/α,β-unsaturated/α-hetero) is 1. The summed E-state index contributed by atoms with van der Waals surface area (Å²) in [5, 5.41) is 0. The molecule has 1 amide bonds. The van der Waals surface area contributed by atoms with E-state index in [1.54, 1.807) is 36.3 Å². The number of carbonyl (C=O) groups excluding carboxylic acids is 2. The maximum Gasteiger partial charge on any atom is 0.244 e. The molecule has 0 atom stereocenters. The predicted molar refractivity (Wildman–Crippen MR) is 111 cm³/mol. The van der Waals surface area contributed by atoms with E-state index in [1.165, 1.54) is 31.6 Å². The van der Waals surface area contributed by atoms with Gasteiger partial charge in [0.05, 0.1) is 13.7 Å². The third kappa shape index (κ3) is 4.85. The van der Waals surface area contributed by atoms with Crippen LogP contribution in [0.5, 0.6) is 5.75 Å². The van der Waals surface area contributed by atoms with Gasteiger partial charge in [0.1, 0.15) is 10.6 Å². The zero-order valence-corrected chi connectivity index (χ0v) is 17.8.